The minimum atomic E-state index is -0.0151. The number of amides is 1. The normalized spacial score (nSPS) is 20.1. The van der Waals surface area contributed by atoms with Gasteiger partial charge in [0, 0.05) is 18.2 Å². The lowest BCUT2D eigenvalue weighted by Crippen LogP contribution is -2.41. The first-order valence-corrected chi connectivity index (χ1v) is 6.14. The molecule has 1 aliphatic heterocycles. The van der Waals surface area contributed by atoms with Crippen LogP contribution in [-0.4, -0.2) is 23.6 Å². The van der Waals surface area contributed by atoms with Crippen molar-refractivity contribution in [2.24, 2.45) is 0 Å². The molecule has 1 unspecified atom stereocenters. The van der Waals surface area contributed by atoms with Gasteiger partial charge in [-0.2, -0.15) is 0 Å². The average Bonchev–Trinajstić information content (AvgIpc) is 2.81. The molecule has 80 valence electrons. The summed E-state index contributed by atoms with van der Waals surface area (Å²) in [5.74, 6) is 1.85. The third-order valence-corrected chi connectivity index (χ3v) is 3.28. The van der Waals surface area contributed by atoms with E-state index < -0.39 is 0 Å². The lowest BCUT2D eigenvalue weighted by atomic mass is 10.2. The summed E-state index contributed by atoms with van der Waals surface area (Å²) in [4.78, 5) is 11.6. The van der Waals surface area contributed by atoms with Crippen molar-refractivity contribution >= 4 is 17.7 Å². The van der Waals surface area contributed by atoms with Gasteiger partial charge in [-0.3, -0.25) is 10.1 Å². The van der Waals surface area contributed by atoms with E-state index in [-0.39, 0.29) is 11.9 Å². The number of thioether (sulfide) groups is 1. The topological polar surface area (TPSA) is 41.1 Å². The minimum Gasteiger partial charge on any atom is -0.351 e. The first-order valence-electron chi connectivity index (χ1n) is 4.99. The zero-order valence-corrected chi connectivity index (χ0v) is 9.22. The van der Waals surface area contributed by atoms with Crippen LogP contribution < -0.4 is 10.6 Å². The third kappa shape index (κ3) is 2.97. The third-order valence-electron chi connectivity index (χ3n) is 2.34. The smallest absolute Gasteiger partial charge is 0.238 e. The second kappa shape index (κ2) is 5.19. The maximum absolute atomic E-state index is 11.6. The molecule has 4 heteroatoms. The van der Waals surface area contributed by atoms with E-state index in [2.05, 4.69) is 10.6 Å². The van der Waals surface area contributed by atoms with Crippen molar-refractivity contribution in [3.05, 3.63) is 35.9 Å². The molecule has 1 heterocycles. The largest absolute Gasteiger partial charge is 0.351 e. The van der Waals surface area contributed by atoms with Gasteiger partial charge in [-0.15, -0.1) is 11.8 Å². The molecule has 1 atom stereocenters. The number of carbonyl (C=O) groups is 1. The average molecular weight is 222 g/mol. The van der Waals surface area contributed by atoms with Gasteiger partial charge in [-0.25, -0.2) is 0 Å². The summed E-state index contributed by atoms with van der Waals surface area (Å²) < 4.78 is 0. The monoisotopic (exact) mass is 222 g/mol. The molecule has 3 nitrogen and oxygen atoms in total. The maximum atomic E-state index is 11.6. The summed E-state index contributed by atoms with van der Waals surface area (Å²) in [5, 5.41) is 6.07. The first kappa shape index (κ1) is 10.5. The van der Waals surface area contributed by atoms with Crippen LogP contribution in [0.1, 0.15) is 5.56 Å². The Bertz CT molecular complexity index is 323. The Morgan fingerprint density at radius 2 is 2.27 bits per heavy atom. The summed E-state index contributed by atoms with van der Waals surface area (Å²) in [6.07, 6.45) is 0. The number of nitrogens with one attached hydrogen (secondary N) is 2. The summed E-state index contributed by atoms with van der Waals surface area (Å²) in [7, 11) is 0. The van der Waals surface area contributed by atoms with Crippen LogP contribution in [0.5, 0.6) is 0 Å². The lowest BCUT2D eigenvalue weighted by molar-refractivity contribution is -0.122. The van der Waals surface area contributed by atoms with Gasteiger partial charge in [-0.05, 0) is 5.56 Å². The van der Waals surface area contributed by atoms with E-state index in [9.17, 15) is 4.79 Å². The quantitative estimate of drug-likeness (QED) is 0.800. The molecular weight excluding hydrogens is 208 g/mol. The molecule has 1 fully saturated rings. The molecule has 0 aliphatic carbocycles. The molecule has 15 heavy (non-hydrogen) atoms. The van der Waals surface area contributed by atoms with Crippen LogP contribution in [0.25, 0.3) is 0 Å². The number of carbonyl (C=O) groups excluding carboxylic acids is 1. The molecule has 2 N–H and O–H groups in total. The van der Waals surface area contributed by atoms with Gasteiger partial charge in [0.05, 0.1) is 6.04 Å². The van der Waals surface area contributed by atoms with Crippen LogP contribution in [0.3, 0.4) is 0 Å². The van der Waals surface area contributed by atoms with Crippen LogP contribution in [-0.2, 0) is 11.3 Å². The molecule has 0 bridgehead atoms. The van der Waals surface area contributed by atoms with Crippen molar-refractivity contribution in [3.8, 4) is 0 Å². The van der Waals surface area contributed by atoms with E-state index in [1.54, 1.807) is 11.8 Å². The molecule has 1 aliphatic rings. The summed E-state index contributed by atoms with van der Waals surface area (Å²) in [6, 6.07) is 9.93. The Morgan fingerprint density at radius 1 is 1.47 bits per heavy atom. The predicted molar refractivity (Wildman–Crippen MR) is 62.5 cm³/mol. The van der Waals surface area contributed by atoms with Gasteiger partial charge in [-0.1, -0.05) is 30.3 Å². The molecule has 0 radical (unpaired) electrons. The van der Waals surface area contributed by atoms with Gasteiger partial charge >= 0.3 is 0 Å². The van der Waals surface area contributed by atoms with E-state index in [1.807, 2.05) is 30.3 Å². The van der Waals surface area contributed by atoms with Crippen LogP contribution >= 0.6 is 11.8 Å². The van der Waals surface area contributed by atoms with Crippen LogP contribution in [0.4, 0.5) is 0 Å². The molecule has 1 saturated heterocycles. The van der Waals surface area contributed by atoms with E-state index in [0.717, 1.165) is 17.2 Å². The van der Waals surface area contributed by atoms with Gasteiger partial charge in [0.2, 0.25) is 5.91 Å². The van der Waals surface area contributed by atoms with E-state index in [4.69, 9.17) is 0 Å². The molecule has 1 aromatic rings. The van der Waals surface area contributed by atoms with Gasteiger partial charge < -0.3 is 5.32 Å². The summed E-state index contributed by atoms with van der Waals surface area (Å²) in [5.41, 5.74) is 1.14. The first-order chi connectivity index (χ1) is 7.36. The highest BCUT2D eigenvalue weighted by molar-refractivity contribution is 7.99. The van der Waals surface area contributed by atoms with Gasteiger partial charge in [0.15, 0.2) is 0 Å². The summed E-state index contributed by atoms with van der Waals surface area (Å²) >= 11 is 1.76. The Balaban J connectivity index is 1.80. The van der Waals surface area contributed by atoms with E-state index in [0.29, 0.717) is 6.54 Å². The van der Waals surface area contributed by atoms with Crippen molar-refractivity contribution < 1.29 is 4.79 Å². The lowest BCUT2D eigenvalue weighted by Gasteiger charge is -2.10. The highest BCUT2D eigenvalue weighted by Crippen LogP contribution is 2.09. The van der Waals surface area contributed by atoms with Crippen LogP contribution in [0.15, 0.2) is 30.3 Å². The Hall–Kier alpha value is -1.00. The Morgan fingerprint density at radius 3 is 2.93 bits per heavy atom. The van der Waals surface area contributed by atoms with Crippen LogP contribution in [0.2, 0.25) is 0 Å². The number of benzene rings is 1. The fourth-order valence-corrected chi connectivity index (χ4v) is 2.41. The highest BCUT2D eigenvalue weighted by atomic mass is 32.2. The molecule has 0 spiro atoms. The standard InChI is InChI=1S/C11H14N2OS/c14-11(10-7-15-8-13-10)12-6-9-4-2-1-3-5-9/h1-5,10,13H,6-8H2,(H,12,14). The predicted octanol–water partition coefficient (Wildman–Crippen LogP) is 0.965. The van der Waals surface area contributed by atoms with Crippen molar-refractivity contribution in [1.29, 1.82) is 0 Å². The highest BCUT2D eigenvalue weighted by Gasteiger charge is 2.21. The summed E-state index contributed by atoms with van der Waals surface area (Å²) in [6.45, 7) is 0.614. The van der Waals surface area contributed by atoms with Gasteiger partial charge in [0.25, 0.3) is 0 Å². The zero-order valence-electron chi connectivity index (χ0n) is 8.40. The maximum Gasteiger partial charge on any atom is 0.238 e. The molecular formula is C11H14N2OS. The van der Waals surface area contributed by atoms with E-state index in [1.165, 1.54) is 0 Å². The van der Waals surface area contributed by atoms with Crippen molar-refractivity contribution in [2.45, 2.75) is 12.6 Å². The number of hydrogen-bond acceptors (Lipinski definition) is 3. The molecule has 0 saturated carbocycles. The second-order valence-electron chi connectivity index (χ2n) is 3.48. The van der Waals surface area contributed by atoms with Crippen molar-refractivity contribution in [3.63, 3.8) is 0 Å². The zero-order chi connectivity index (χ0) is 10.5. The minimum absolute atomic E-state index is 0.0151. The molecule has 0 aromatic heterocycles. The Labute approximate surface area is 93.6 Å². The fourth-order valence-electron chi connectivity index (χ4n) is 1.47. The van der Waals surface area contributed by atoms with Crippen molar-refractivity contribution in [2.75, 3.05) is 11.6 Å². The number of hydrogen-bond donors (Lipinski definition) is 2. The SMILES string of the molecule is O=C(NCc1ccccc1)C1CSCN1. The molecule has 1 amide bonds. The fraction of sp³-hybridized carbons (Fsp3) is 0.364. The molecule has 1 aromatic carbocycles. The molecule has 2 rings (SSSR count). The van der Waals surface area contributed by atoms with Crippen LogP contribution in [0, 0.1) is 0 Å². The van der Waals surface area contributed by atoms with Gasteiger partial charge in [0.1, 0.15) is 0 Å². The second-order valence-corrected chi connectivity index (χ2v) is 4.51. The van der Waals surface area contributed by atoms with E-state index >= 15 is 0 Å². The number of rotatable bonds is 3. The van der Waals surface area contributed by atoms with Crippen molar-refractivity contribution in [1.82, 2.24) is 10.6 Å². The Kier molecular flexibility index (Phi) is 3.64.